The fraction of sp³-hybridized carbons (Fsp3) is 1.00. The Bertz CT molecular complexity index is 70.0. The van der Waals surface area contributed by atoms with E-state index in [0.29, 0.717) is 0 Å². The normalized spacial score (nSPS) is 10.9. The van der Waals surface area contributed by atoms with Crippen molar-refractivity contribution in [3.8, 4) is 0 Å². The quantitative estimate of drug-likeness (QED) is 0.547. The summed E-state index contributed by atoms with van der Waals surface area (Å²) in [4.78, 5) is 2.54. The van der Waals surface area contributed by atoms with Gasteiger partial charge >= 0.3 is 0 Å². The Kier molecular flexibility index (Phi) is 8.64. The second kappa shape index (κ2) is 8.41. The average molecular weight is 175 g/mol. The molecule has 0 heterocycles. The summed E-state index contributed by atoms with van der Waals surface area (Å²) in [7, 11) is 0. The van der Waals surface area contributed by atoms with Crippen LogP contribution in [0.15, 0.2) is 0 Å². The van der Waals surface area contributed by atoms with Gasteiger partial charge in [-0.1, -0.05) is 20.8 Å². The van der Waals surface area contributed by atoms with Crippen LogP contribution >= 0.6 is 11.8 Å². The van der Waals surface area contributed by atoms with E-state index >= 15 is 0 Å². The molecule has 1 nitrogen and oxygen atoms in total. The molecule has 0 saturated carbocycles. The highest BCUT2D eigenvalue weighted by molar-refractivity contribution is 7.99. The van der Waals surface area contributed by atoms with Crippen LogP contribution in [0.1, 0.15) is 33.6 Å². The van der Waals surface area contributed by atoms with Gasteiger partial charge in [0.15, 0.2) is 0 Å². The summed E-state index contributed by atoms with van der Waals surface area (Å²) in [5, 5.41) is 0. The Morgan fingerprint density at radius 2 is 1.55 bits per heavy atom. The van der Waals surface area contributed by atoms with E-state index in [-0.39, 0.29) is 0 Å². The Morgan fingerprint density at radius 1 is 1.00 bits per heavy atom. The van der Waals surface area contributed by atoms with E-state index in [1.807, 2.05) is 11.8 Å². The van der Waals surface area contributed by atoms with Gasteiger partial charge in [0.25, 0.3) is 0 Å². The Labute approximate surface area is 75.5 Å². The molecule has 0 saturated heterocycles. The molecule has 0 aliphatic heterocycles. The van der Waals surface area contributed by atoms with Crippen LogP contribution in [0.3, 0.4) is 0 Å². The van der Waals surface area contributed by atoms with Crippen molar-refractivity contribution in [3.63, 3.8) is 0 Å². The first-order chi connectivity index (χ1) is 5.35. The summed E-state index contributed by atoms with van der Waals surface area (Å²) in [6.07, 6.45) is 2.56. The van der Waals surface area contributed by atoms with E-state index in [0.717, 1.165) is 0 Å². The maximum atomic E-state index is 2.54. The molecule has 0 N–H and O–H groups in total. The lowest BCUT2D eigenvalue weighted by Gasteiger charge is -2.19. The Hall–Kier alpha value is 0.310. The van der Waals surface area contributed by atoms with E-state index in [4.69, 9.17) is 0 Å². The van der Waals surface area contributed by atoms with Crippen molar-refractivity contribution in [2.75, 3.05) is 24.7 Å². The molecule has 0 amide bonds. The predicted octanol–water partition coefficient (Wildman–Crippen LogP) is 2.82. The minimum atomic E-state index is 1.22. The molecule has 0 radical (unpaired) electrons. The Balaban J connectivity index is 3.34. The van der Waals surface area contributed by atoms with Gasteiger partial charge in [-0.25, -0.2) is 0 Å². The van der Waals surface area contributed by atoms with Gasteiger partial charge in [0.2, 0.25) is 0 Å². The van der Waals surface area contributed by atoms with Crippen LogP contribution in [-0.2, 0) is 0 Å². The van der Waals surface area contributed by atoms with Crippen LogP contribution in [0.4, 0.5) is 0 Å². The number of hydrogen-bond acceptors (Lipinski definition) is 2. The third kappa shape index (κ3) is 6.70. The second-order valence-corrected chi connectivity index (χ2v) is 3.98. The highest BCUT2D eigenvalue weighted by Crippen LogP contribution is 2.04. The van der Waals surface area contributed by atoms with Crippen molar-refractivity contribution in [3.05, 3.63) is 0 Å². The Morgan fingerprint density at radius 3 is 1.91 bits per heavy atom. The van der Waals surface area contributed by atoms with Crippen molar-refractivity contribution in [2.45, 2.75) is 33.6 Å². The monoisotopic (exact) mass is 175 g/mol. The molecule has 0 fully saturated rings. The van der Waals surface area contributed by atoms with Crippen LogP contribution in [0.5, 0.6) is 0 Å². The fourth-order valence-electron chi connectivity index (χ4n) is 1.09. The first-order valence-electron chi connectivity index (χ1n) is 4.65. The van der Waals surface area contributed by atoms with Crippen molar-refractivity contribution in [1.82, 2.24) is 4.90 Å². The van der Waals surface area contributed by atoms with Crippen molar-refractivity contribution >= 4 is 11.8 Å². The molecule has 0 unspecified atom stereocenters. The smallest absolute Gasteiger partial charge is 0.0444 e. The molecular weight excluding hydrogens is 154 g/mol. The molecule has 0 aromatic carbocycles. The molecule has 68 valence electrons. The molecule has 0 aliphatic carbocycles. The molecule has 0 spiro atoms. The first-order valence-corrected chi connectivity index (χ1v) is 5.80. The largest absolute Gasteiger partial charge is 0.294 e. The third-order valence-corrected chi connectivity index (χ3v) is 2.51. The standard InChI is InChI=1S/C9H21NS/c1-4-7-10(8-5-2)9-11-6-3/h4-9H2,1-3H3. The van der Waals surface area contributed by atoms with Gasteiger partial charge in [0, 0.05) is 5.88 Å². The molecule has 11 heavy (non-hydrogen) atoms. The summed E-state index contributed by atoms with van der Waals surface area (Å²) in [6.45, 7) is 9.25. The molecule has 0 aliphatic rings. The van der Waals surface area contributed by atoms with Gasteiger partial charge in [-0.15, -0.1) is 11.8 Å². The number of hydrogen-bond donors (Lipinski definition) is 0. The van der Waals surface area contributed by atoms with Gasteiger partial charge in [-0.2, -0.15) is 0 Å². The zero-order chi connectivity index (χ0) is 8.53. The predicted molar refractivity (Wildman–Crippen MR) is 55.2 cm³/mol. The lowest BCUT2D eigenvalue weighted by atomic mass is 10.4. The minimum absolute atomic E-state index is 1.22. The summed E-state index contributed by atoms with van der Waals surface area (Å²) in [5.74, 6) is 2.46. The van der Waals surface area contributed by atoms with Crippen LogP contribution < -0.4 is 0 Å². The lowest BCUT2D eigenvalue weighted by Crippen LogP contribution is -2.24. The zero-order valence-corrected chi connectivity index (χ0v) is 8.91. The van der Waals surface area contributed by atoms with Gasteiger partial charge in [-0.05, 0) is 31.7 Å². The highest BCUT2D eigenvalue weighted by atomic mass is 32.2. The maximum Gasteiger partial charge on any atom is 0.0444 e. The summed E-state index contributed by atoms with van der Waals surface area (Å²) in [5.41, 5.74) is 0. The van der Waals surface area contributed by atoms with E-state index in [2.05, 4.69) is 25.7 Å². The molecule has 0 bridgehead atoms. The molecule has 2 heteroatoms. The number of thioether (sulfide) groups is 1. The van der Waals surface area contributed by atoms with Crippen LogP contribution in [0.25, 0.3) is 0 Å². The average Bonchev–Trinajstić information content (AvgIpc) is 2.01. The SMILES string of the molecule is CCCN(CCC)CSCC. The molecule has 0 aromatic heterocycles. The highest BCUT2D eigenvalue weighted by Gasteiger charge is 1.99. The summed E-state index contributed by atoms with van der Waals surface area (Å²) < 4.78 is 0. The van der Waals surface area contributed by atoms with Gasteiger partial charge < -0.3 is 0 Å². The molecule has 0 atom stereocenters. The number of nitrogens with zero attached hydrogens (tertiary/aromatic N) is 1. The lowest BCUT2D eigenvalue weighted by molar-refractivity contribution is 0.322. The first kappa shape index (κ1) is 11.3. The molecule has 0 aromatic rings. The second-order valence-electron chi connectivity index (χ2n) is 2.74. The summed E-state index contributed by atoms with van der Waals surface area (Å²) in [6, 6.07) is 0. The van der Waals surface area contributed by atoms with Gasteiger partial charge in [0.05, 0.1) is 0 Å². The van der Waals surface area contributed by atoms with E-state index in [9.17, 15) is 0 Å². The van der Waals surface area contributed by atoms with Gasteiger partial charge in [-0.3, -0.25) is 4.90 Å². The van der Waals surface area contributed by atoms with Crippen LogP contribution in [-0.4, -0.2) is 29.6 Å². The van der Waals surface area contributed by atoms with Gasteiger partial charge in [0.1, 0.15) is 0 Å². The number of rotatable bonds is 7. The van der Waals surface area contributed by atoms with E-state index < -0.39 is 0 Å². The molecular formula is C9H21NS. The minimum Gasteiger partial charge on any atom is -0.294 e. The zero-order valence-electron chi connectivity index (χ0n) is 8.10. The van der Waals surface area contributed by atoms with Crippen molar-refractivity contribution in [2.24, 2.45) is 0 Å². The van der Waals surface area contributed by atoms with Crippen molar-refractivity contribution < 1.29 is 0 Å². The van der Waals surface area contributed by atoms with Crippen LogP contribution in [0, 0.1) is 0 Å². The third-order valence-electron chi connectivity index (χ3n) is 1.56. The van der Waals surface area contributed by atoms with E-state index in [1.165, 1.54) is 37.6 Å². The summed E-state index contributed by atoms with van der Waals surface area (Å²) >= 11 is 2.02. The maximum absolute atomic E-state index is 2.54. The molecule has 0 rings (SSSR count). The topological polar surface area (TPSA) is 3.24 Å². The fourth-order valence-corrected chi connectivity index (χ4v) is 1.79. The van der Waals surface area contributed by atoms with Crippen molar-refractivity contribution in [1.29, 1.82) is 0 Å². The van der Waals surface area contributed by atoms with E-state index in [1.54, 1.807) is 0 Å². The van der Waals surface area contributed by atoms with Crippen LogP contribution in [0.2, 0.25) is 0 Å².